The van der Waals surface area contributed by atoms with E-state index < -0.39 is 5.82 Å². The molecule has 4 nitrogen and oxygen atoms in total. The Bertz CT molecular complexity index is 1150. The molecule has 0 bridgehead atoms. The molecule has 0 spiro atoms. The number of nitrogens with zero attached hydrogens (tertiary/aromatic N) is 2. The van der Waals surface area contributed by atoms with Crippen LogP contribution in [0.25, 0.3) is 0 Å². The second-order valence-electron chi connectivity index (χ2n) is 6.58. The van der Waals surface area contributed by atoms with Gasteiger partial charge in [-0.25, -0.2) is 9.38 Å². The Hall–Kier alpha value is -2.96. The summed E-state index contributed by atoms with van der Waals surface area (Å²) in [6.07, 6.45) is 0.494. The molecule has 0 saturated heterocycles. The number of carbonyl (C=O) groups excluding carboxylic acids is 1. The summed E-state index contributed by atoms with van der Waals surface area (Å²) in [5.74, 6) is -0.462. The molecule has 0 saturated carbocycles. The van der Waals surface area contributed by atoms with Gasteiger partial charge in [0.25, 0.3) is 0 Å². The van der Waals surface area contributed by atoms with Gasteiger partial charge in [-0.05, 0) is 48.0 Å². The molecule has 7 heteroatoms. The number of anilines is 1. The molecule has 0 aromatic heterocycles. The van der Waals surface area contributed by atoms with Gasteiger partial charge in [-0.3, -0.25) is 9.79 Å². The van der Waals surface area contributed by atoms with Crippen LogP contribution in [-0.4, -0.2) is 22.4 Å². The van der Waals surface area contributed by atoms with Crippen LogP contribution in [-0.2, 0) is 4.79 Å². The van der Waals surface area contributed by atoms with Crippen molar-refractivity contribution in [3.63, 3.8) is 0 Å². The zero-order valence-electron chi connectivity index (χ0n) is 15.8. The van der Waals surface area contributed by atoms with Gasteiger partial charge in [-0.15, -0.1) is 11.8 Å². The molecule has 1 heterocycles. The monoisotopic (exact) mass is 437 g/mol. The lowest BCUT2D eigenvalue weighted by Gasteiger charge is -2.08. The molecule has 1 aliphatic rings. The average molecular weight is 438 g/mol. The Morgan fingerprint density at radius 3 is 2.47 bits per heavy atom. The van der Waals surface area contributed by atoms with Gasteiger partial charge >= 0.3 is 0 Å². The third kappa shape index (κ3) is 5.14. The highest BCUT2D eigenvalue weighted by Crippen LogP contribution is 2.33. The molecule has 0 aliphatic carbocycles. The molecule has 150 valence electrons. The second kappa shape index (κ2) is 9.24. The minimum Gasteiger partial charge on any atom is -0.325 e. The van der Waals surface area contributed by atoms with Crippen molar-refractivity contribution >= 4 is 57.1 Å². The molecule has 3 aromatic carbocycles. The lowest BCUT2D eigenvalue weighted by molar-refractivity contribution is -0.113. The van der Waals surface area contributed by atoms with Crippen molar-refractivity contribution in [2.75, 3.05) is 11.1 Å². The normalized spacial score (nSPS) is 13.0. The maximum atomic E-state index is 13.3. The fraction of sp³-hybridized carbons (Fsp3) is 0.0870. The van der Waals surface area contributed by atoms with Gasteiger partial charge in [0.15, 0.2) is 0 Å². The van der Waals surface area contributed by atoms with Crippen LogP contribution >= 0.6 is 23.4 Å². The molecule has 3 aromatic rings. The number of para-hydroxylation sites is 2. The van der Waals surface area contributed by atoms with Crippen LogP contribution in [0.5, 0.6) is 0 Å². The Kier molecular flexibility index (Phi) is 6.26. The molecule has 1 N–H and O–H groups in total. The number of amides is 1. The van der Waals surface area contributed by atoms with Crippen LogP contribution in [0.2, 0.25) is 5.02 Å². The highest BCUT2D eigenvalue weighted by Gasteiger charge is 2.16. The molecular weight excluding hydrogens is 421 g/mol. The van der Waals surface area contributed by atoms with Crippen molar-refractivity contribution in [1.29, 1.82) is 0 Å². The first-order valence-electron chi connectivity index (χ1n) is 9.25. The Balaban J connectivity index is 1.52. The van der Waals surface area contributed by atoms with E-state index in [0.717, 1.165) is 27.7 Å². The van der Waals surface area contributed by atoms with E-state index in [4.69, 9.17) is 21.6 Å². The molecule has 4 rings (SSSR count). The number of hydrogen-bond donors (Lipinski definition) is 1. The summed E-state index contributed by atoms with van der Waals surface area (Å²) in [6.45, 7) is 0. The van der Waals surface area contributed by atoms with Gasteiger partial charge in [0.1, 0.15) is 5.82 Å². The minimum atomic E-state index is -0.394. The zero-order valence-corrected chi connectivity index (χ0v) is 17.4. The van der Waals surface area contributed by atoms with E-state index in [0.29, 0.717) is 17.1 Å². The summed E-state index contributed by atoms with van der Waals surface area (Å²) < 4.78 is 13.3. The maximum Gasteiger partial charge on any atom is 0.234 e. The van der Waals surface area contributed by atoms with E-state index in [1.54, 1.807) is 12.1 Å². The maximum absolute atomic E-state index is 13.3. The minimum absolute atomic E-state index is 0.158. The highest BCUT2D eigenvalue weighted by molar-refractivity contribution is 8.14. The topological polar surface area (TPSA) is 53.8 Å². The molecule has 0 atom stereocenters. The molecule has 0 fully saturated rings. The van der Waals surface area contributed by atoms with Crippen molar-refractivity contribution in [1.82, 2.24) is 0 Å². The first-order valence-corrected chi connectivity index (χ1v) is 10.6. The van der Waals surface area contributed by atoms with Crippen molar-refractivity contribution in [3.05, 3.63) is 89.2 Å². The first-order chi connectivity index (χ1) is 14.6. The van der Waals surface area contributed by atoms with Crippen LogP contribution < -0.4 is 5.32 Å². The summed E-state index contributed by atoms with van der Waals surface area (Å²) in [6, 6.07) is 21.0. The Labute approximate surface area is 182 Å². The van der Waals surface area contributed by atoms with Crippen molar-refractivity contribution in [2.24, 2.45) is 9.98 Å². The van der Waals surface area contributed by atoms with Crippen molar-refractivity contribution in [3.8, 4) is 0 Å². The lowest BCUT2D eigenvalue weighted by atomic mass is 10.1. The quantitative estimate of drug-likeness (QED) is 0.513. The van der Waals surface area contributed by atoms with E-state index in [1.807, 2.05) is 48.5 Å². The number of thioether (sulfide) groups is 1. The number of hydrogen-bond acceptors (Lipinski definition) is 4. The van der Waals surface area contributed by atoms with Gasteiger partial charge in [-0.2, -0.15) is 0 Å². The number of nitrogens with one attached hydrogen (secondary N) is 1. The number of rotatable bonds is 4. The Morgan fingerprint density at radius 1 is 1.00 bits per heavy atom. The molecular formula is C23H17ClFN3OS. The summed E-state index contributed by atoms with van der Waals surface area (Å²) in [5.41, 5.74) is 3.77. The number of benzene rings is 3. The summed E-state index contributed by atoms with van der Waals surface area (Å²) in [7, 11) is 0. The van der Waals surface area contributed by atoms with Crippen LogP contribution in [0.4, 0.5) is 21.5 Å². The van der Waals surface area contributed by atoms with Gasteiger partial charge in [0, 0.05) is 17.1 Å². The van der Waals surface area contributed by atoms with Crippen LogP contribution in [0, 0.1) is 5.82 Å². The van der Waals surface area contributed by atoms with Crippen molar-refractivity contribution < 1.29 is 9.18 Å². The molecule has 1 aliphatic heterocycles. The fourth-order valence-electron chi connectivity index (χ4n) is 2.96. The first kappa shape index (κ1) is 20.3. The van der Waals surface area contributed by atoms with Crippen LogP contribution in [0.15, 0.2) is 82.8 Å². The third-order valence-electron chi connectivity index (χ3n) is 4.36. The summed E-state index contributed by atoms with van der Waals surface area (Å²) in [4.78, 5) is 21.9. The zero-order chi connectivity index (χ0) is 20.9. The smallest absolute Gasteiger partial charge is 0.234 e. The summed E-state index contributed by atoms with van der Waals surface area (Å²) in [5, 5.41) is 4.15. The van der Waals surface area contributed by atoms with Gasteiger partial charge in [-0.1, -0.05) is 41.9 Å². The highest BCUT2D eigenvalue weighted by atomic mass is 35.5. The molecule has 0 unspecified atom stereocenters. The van der Waals surface area contributed by atoms with Gasteiger partial charge in [0.05, 0.1) is 27.9 Å². The molecule has 1 amide bonds. The van der Waals surface area contributed by atoms with E-state index >= 15 is 0 Å². The Morgan fingerprint density at radius 2 is 1.73 bits per heavy atom. The van der Waals surface area contributed by atoms with E-state index in [-0.39, 0.29) is 11.7 Å². The van der Waals surface area contributed by atoms with Crippen LogP contribution in [0.3, 0.4) is 0 Å². The standard InChI is InChI=1S/C23H17ClFN3OS/c24-16-10-8-15(9-11-16)21-13-23(28-20-7-2-1-6-19(20)27-21)30-14-22(29)26-18-5-3-4-17(25)12-18/h1-12H,13-14H2,(H,26,29). The number of fused-ring (bicyclic) bond motifs is 1. The predicted molar refractivity (Wildman–Crippen MR) is 123 cm³/mol. The van der Waals surface area contributed by atoms with Crippen molar-refractivity contribution in [2.45, 2.75) is 6.42 Å². The number of aliphatic imine (C=N–C) groups is 2. The van der Waals surface area contributed by atoms with E-state index in [2.05, 4.69) is 5.32 Å². The third-order valence-corrected chi connectivity index (χ3v) is 5.58. The fourth-order valence-corrected chi connectivity index (χ4v) is 3.86. The summed E-state index contributed by atoms with van der Waals surface area (Å²) >= 11 is 7.36. The van der Waals surface area contributed by atoms with E-state index in [9.17, 15) is 9.18 Å². The average Bonchev–Trinajstić information content (AvgIpc) is 2.92. The largest absolute Gasteiger partial charge is 0.325 e. The number of carbonyl (C=O) groups is 1. The lowest BCUT2D eigenvalue weighted by Crippen LogP contribution is -2.16. The second-order valence-corrected chi connectivity index (χ2v) is 8.07. The van der Waals surface area contributed by atoms with Gasteiger partial charge in [0.2, 0.25) is 5.91 Å². The van der Waals surface area contributed by atoms with E-state index in [1.165, 1.54) is 23.9 Å². The molecule has 30 heavy (non-hydrogen) atoms. The number of halogens is 2. The molecule has 0 radical (unpaired) electrons. The van der Waals surface area contributed by atoms with Gasteiger partial charge < -0.3 is 5.32 Å². The SMILES string of the molecule is O=C(CSC1=Nc2ccccc2N=C(c2ccc(Cl)cc2)C1)Nc1cccc(F)c1. The predicted octanol–water partition coefficient (Wildman–Crippen LogP) is 6.41. The van der Waals surface area contributed by atoms with Crippen LogP contribution in [0.1, 0.15) is 12.0 Å².